The number of hydrogen-bond donors (Lipinski definition) is 3. The maximum absolute atomic E-state index is 11.9. The summed E-state index contributed by atoms with van der Waals surface area (Å²) in [7, 11) is 0. The number of carbonyl (C=O) groups is 2. The summed E-state index contributed by atoms with van der Waals surface area (Å²) in [5, 5.41) is 14.7. The van der Waals surface area contributed by atoms with E-state index in [4.69, 9.17) is 13.9 Å². The lowest BCUT2D eigenvalue weighted by Crippen LogP contribution is -2.37. The molecule has 1 aromatic heterocycles. The first-order valence-electron chi connectivity index (χ1n) is 7.26. The van der Waals surface area contributed by atoms with Crippen LogP contribution in [-0.2, 0) is 9.59 Å². The molecule has 0 bridgehead atoms. The zero-order valence-electron chi connectivity index (χ0n) is 12.9. The summed E-state index contributed by atoms with van der Waals surface area (Å²) in [5.41, 5.74) is 0.404. The van der Waals surface area contributed by atoms with E-state index < -0.39 is 17.9 Å². The number of amides is 2. The van der Waals surface area contributed by atoms with E-state index >= 15 is 0 Å². The number of benzene rings is 1. The second-order valence-electron chi connectivity index (χ2n) is 5.20. The van der Waals surface area contributed by atoms with Gasteiger partial charge in [-0.15, -0.1) is 0 Å². The molecule has 126 valence electrons. The number of ether oxygens (including phenoxy) is 2. The lowest BCUT2D eigenvalue weighted by Gasteiger charge is -2.10. The van der Waals surface area contributed by atoms with E-state index in [0.29, 0.717) is 28.7 Å². The molecule has 0 saturated carbocycles. The number of furan rings is 1. The number of nitrogens with one attached hydrogen (secondary N) is 2. The van der Waals surface area contributed by atoms with Crippen molar-refractivity contribution in [3.63, 3.8) is 0 Å². The Morgan fingerprint density at radius 2 is 1.96 bits per heavy atom. The van der Waals surface area contributed by atoms with Crippen LogP contribution in [0.3, 0.4) is 0 Å². The van der Waals surface area contributed by atoms with Gasteiger partial charge in [0.1, 0.15) is 17.6 Å². The molecule has 0 radical (unpaired) electrons. The number of anilines is 1. The van der Waals surface area contributed by atoms with Gasteiger partial charge in [-0.25, -0.2) is 0 Å². The Morgan fingerprint density at radius 1 is 1.17 bits per heavy atom. The fourth-order valence-corrected chi connectivity index (χ4v) is 2.16. The molecule has 2 aromatic rings. The molecule has 1 aliphatic rings. The summed E-state index contributed by atoms with van der Waals surface area (Å²) in [4.78, 5) is 23.7. The zero-order valence-corrected chi connectivity index (χ0v) is 12.9. The van der Waals surface area contributed by atoms with Gasteiger partial charge >= 0.3 is 11.8 Å². The highest BCUT2D eigenvalue weighted by molar-refractivity contribution is 6.39. The summed E-state index contributed by atoms with van der Waals surface area (Å²) in [6.45, 7) is 1.73. The van der Waals surface area contributed by atoms with E-state index in [2.05, 4.69) is 10.6 Å². The SMILES string of the molecule is Cc1ccc([C@H](O)CNC(=O)C(=O)Nc2ccc3c(c2)OCO3)o1. The largest absolute Gasteiger partial charge is 0.464 e. The Morgan fingerprint density at radius 3 is 2.71 bits per heavy atom. The normalized spacial score (nSPS) is 13.4. The third-order valence-electron chi connectivity index (χ3n) is 3.38. The molecular formula is C16H16N2O6. The van der Waals surface area contributed by atoms with Crippen molar-refractivity contribution in [2.75, 3.05) is 18.7 Å². The summed E-state index contributed by atoms with van der Waals surface area (Å²) in [6, 6.07) is 8.11. The highest BCUT2D eigenvalue weighted by atomic mass is 16.7. The average Bonchev–Trinajstić information content (AvgIpc) is 3.20. The Bertz CT molecular complexity index is 770. The Balaban J connectivity index is 1.52. The van der Waals surface area contributed by atoms with Crippen LogP contribution in [0.1, 0.15) is 17.6 Å². The van der Waals surface area contributed by atoms with Crippen molar-refractivity contribution in [2.45, 2.75) is 13.0 Å². The van der Waals surface area contributed by atoms with Crippen LogP contribution in [0.5, 0.6) is 11.5 Å². The van der Waals surface area contributed by atoms with Crippen LogP contribution in [0, 0.1) is 6.92 Å². The summed E-state index contributed by atoms with van der Waals surface area (Å²) >= 11 is 0. The molecule has 3 N–H and O–H groups in total. The summed E-state index contributed by atoms with van der Waals surface area (Å²) in [6.07, 6.45) is -1.03. The third-order valence-corrected chi connectivity index (χ3v) is 3.38. The minimum absolute atomic E-state index is 0.122. The molecule has 0 spiro atoms. The second kappa shape index (κ2) is 6.63. The molecule has 8 nitrogen and oxygen atoms in total. The van der Waals surface area contributed by atoms with Crippen molar-refractivity contribution in [3.05, 3.63) is 41.9 Å². The first kappa shape index (κ1) is 15.9. The van der Waals surface area contributed by atoms with Crippen LogP contribution in [0.4, 0.5) is 5.69 Å². The highest BCUT2D eigenvalue weighted by Gasteiger charge is 2.19. The van der Waals surface area contributed by atoms with E-state index in [1.807, 2.05) is 0 Å². The molecule has 1 aromatic carbocycles. The number of aryl methyl sites for hydroxylation is 1. The van der Waals surface area contributed by atoms with E-state index in [9.17, 15) is 14.7 Å². The van der Waals surface area contributed by atoms with Crippen molar-refractivity contribution < 1.29 is 28.6 Å². The predicted molar refractivity (Wildman–Crippen MR) is 82.6 cm³/mol. The molecule has 1 atom stereocenters. The van der Waals surface area contributed by atoms with Crippen molar-refractivity contribution in [1.29, 1.82) is 0 Å². The van der Waals surface area contributed by atoms with Crippen molar-refractivity contribution in [3.8, 4) is 11.5 Å². The van der Waals surface area contributed by atoms with Crippen LogP contribution in [-0.4, -0.2) is 30.3 Å². The molecule has 0 unspecified atom stereocenters. The van der Waals surface area contributed by atoms with Gasteiger partial charge in [-0.05, 0) is 31.2 Å². The molecule has 0 aliphatic carbocycles. The zero-order chi connectivity index (χ0) is 17.1. The van der Waals surface area contributed by atoms with Crippen LogP contribution >= 0.6 is 0 Å². The molecule has 24 heavy (non-hydrogen) atoms. The molecule has 0 fully saturated rings. The maximum Gasteiger partial charge on any atom is 0.313 e. The predicted octanol–water partition coefficient (Wildman–Crippen LogP) is 1.11. The van der Waals surface area contributed by atoms with Crippen molar-refractivity contribution >= 4 is 17.5 Å². The molecule has 8 heteroatoms. The summed E-state index contributed by atoms with van der Waals surface area (Å²) in [5.74, 6) is 0.331. The lowest BCUT2D eigenvalue weighted by atomic mass is 10.2. The number of aliphatic hydroxyl groups is 1. The van der Waals surface area contributed by atoms with Gasteiger partial charge in [0.2, 0.25) is 6.79 Å². The number of carbonyl (C=O) groups excluding carboxylic acids is 2. The van der Waals surface area contributed by atoms with Gasteiger partial charge in [-0.3, -0.25) is 9.59 Å². The monoisotopic (exact) mass is 332 g/mol. The Kier molecular flexibility index (Phi) is 4.39. The quantitative estimate of drug-likeness (QED) is 0.723. The maximum atomic E-state index is 11.9. The minimum Gasteiger partial charge on any atom is -0.464 e. The van der Waals surface area contributed by atoms with Gasteiger partial charge < -0.3 is 29.6 Å². The topological polar surface area (TPSA) is 110 Å². The summed E-state index contributed by atoms with van der Waals surface area (Å²) < 4.78 is 15.6. The lowest BCUT2D eigenvalue weighted by molar-refractivity contribution is -0.136. The van der Waals surface area contributed by atoms with E-state index in [1.54, 1.807) is 37.3 Å². The number of rotatable bonds is 4. The van der Waals surface area contributed by atoms with Crippen LogP contribution < -0.4 is 20.1 Å². The fraction of sp³-hybridized carbons (Fsp3) is 0.250. The van der Waals surface area contributed by atoms with Gasteiger partial charge in [-0.2, -0.15) is 0 Å². The van der Waals surface area contributed by atoms with Gasteiger partial charge in [0.15, 0.2) is 11.5 Å². The third kappa shape index (κ3) is 3.49. The highest BCUT2D eigenvalue weighted by Crippen LogP contribution is 2.34. The minimum atomic E-state index is -1.03. The molecule has 3 rings (SSSR count). The Labute approximate surface area is 137 Å². The van der Waals surface area contributed by atoms with Crippen molar-refractivity contribution in [1.82, 2.24) is 5.32 Å². The molecule has 0 saturated heterocycles. The first-order chi connectivity index (χ1) is 11.5. The van der Waals surface area contributed by atoms with Gasteiger partial charge in [0.25, 0.3) is 0 Å². The molecule has 1 aliphatic heterocycles. The average molecular weight is 332 g/mol. The van der Waals surface area contributed by atoms with Crippen LogP contribution in [0.25, 0.3) is 0 Å². The Hall–Kier alpha value is -3.00. The fourth-order valence-electron chi connectivity index (χ4n) is 2.16. The first-order valence-corrected chi connectivity index (χ1v) is 7.26. The van der Waals surface area contributed by atoms with Gasteiger partial charge in [-0.1, -0.05) is 0 Å². The van der Waals surface area contributed by atoms with E-state index in [1.165, 1.54) is 0 Å². The van der Waals surface area contributed by atoms with Crippen LogP contribution in [0.2, 0.25) is 0 Å². The second-order valence-corrected chi connectivity index (χ2v) is 5.20. The number of aliphatic hydroxyl groups excluding tert-OH is 1. The van der Waals surface area contributed by atoms with Crippen LogP contribution in [0.15, 0.2) is 34.7 Å². The van der Waals surface area contributed by atoms with Crippen molar-refractivity contribution in [2.24, 2.45) is 0 Å². The molecule has 2 amide bonds. The van der Waals surface area contributed by atoms with Gasteiger partial charge in [0.05, 0.1) is 6.54 Å². The molecular weight excluding hydrogens is 316 g/mol. The standard InChI is InChI=1S/C16H16N2O6/c1-9-2-4-12(24-9)11(19)7-17-15(20)16(21)18-10-3-5-13-14(6-10)23-8-22-13/h2-6,11,19H,7-8H2,1H3,(H,17,20)(H,18,21)/t11-/m1/s1. The molecule has 2 heterocycles. The van der Waals surface area contributed by atoms with Gasteiger partial charge in [0, 0.05) is 11.8 Å². The van der Waals surface area contributed by atoms with E-state index in [-0.39, 0.29) is 13.3 Å². The number of fused-ring (bicyclic) bond motifs is 1. The van der Waals surface area contributed by atoms with E-state index in [0.717, 1.165) is 0 Å². The smallest absolute Gasteiger partial charge is 0.313 e. The number of hydrogen-bond acceptors (Lipinski definition) is 6.